The molecular formula is C34H29FN4O4S. The zero-order valence-corrected chi connectivity index (χ0v) is 25.4. The van der Waals surface area contributed by atoms with Crippen molar-refractivity contribution in [1.29, 1.82) is 0 Å². The monoisotopic (exact) mass is 608 g/mol. The highest BCUT2D eigenvalue weighted by Gasteiger charge is 2.27. The lowest BCUT2D eigenvalue weighted by Crippen LogP contribution is -2.25. The summed E-state index contributed by atoms with van der Waals surface area (Å²) in [7, 11) is -0.655. The van der Waals surface area contributed by atoms with Gasteiger partial charge in [0.15, 0.2) is 0 Å². The van der Waals surface area contributed by atoms with E-state index in [9.17, 15) is 17.6 Å². The SMILES string of the molecule is CNC(=O)c1c(-c2ccc(C)cc2)oc2cc(N(C)S(C)(=O)=O)c(-c3cc4c(cn3)CCn3c-4cc4c(F)cccc43)cc12. The van der Waals surface area contributed by atoms with Gasteiger partial charge in [-0.3, -0.25) is 14.1 Å². The molecule has 0 atom stereocenters. The van der Waals surface area contributed by atoms with E-state index in [1.165, 1.54) is 17.4 Å². The van der Waals surface area contributed by atoms with Crippen molar-refractivity contribution in [3.8, 4) is 33.8 Å². The lowest BCUT2D eigenvalue weighted by atomic mass is 9.96. The zero-order valence-electron chi connectivity index (χ0n) is 24.6. The topological polar surface area (TPSA) is 97.4 Å². The number of fused-ring (bicyclic) bond motifs is 6. The number of furan rings is 1. The van der Waals surface area contributed by atoms with Gasteiger partial charge < -0.3 is 14.3 Å². The van der Waals surface area contributed by atoms with Gasteiger partial charge in [-0.05, 0) is 49.2 Å². The van der Waals surface area contributed by atoms with Crippen LogP contribution in [0.25, 0.3) is 55.7 Å². The van der Waals surface area contributed by atoms with E-state index in [0.29, 0.717) is 57.6 Å². The van der Waals surface area contributed by atoms with Crippen molar-refractivity contribution in [2.75, 3.05) is 24.7 Å². The Morgan fingerprint density at radius 2 is 1.82 bits per heavy atom. The maximum absolute atomic E-state index is 14.7. The minimum Gasteiger partial charge on any atom is -0.455 e. The fraction of sp³-hybridized carbons (Fsp3) is 0.176. The number of rotatable bonds is 5. The van der Waals surface area contributed by atoms with Crippen molar-refractivity contribution in [1.82, 2.24) is 14.9 Å². The van der Waals surface area contributed by atoms with E-state index in [-0.39, 0.29) is 11.7 Å². The van der Waals surface area contributed by atoms with Crippen molar-refractivity contribution >= 4 is 43.5 Å². The number of hydrogen-bond acceptors (Lipinski definition) is 5. The van der Waals surface area contributed by atoms with E-state index in [2.05, 4.69) is 9.88 Å². The Kier molecular flexibility index (Phi) is 6.36. The van der Waals surface area contributed by atoms with Crippen molar-refractivity contribution < 1.29 is 22.0 Å². The first-order valence-corrected chi connectivity index (χ1v) is 16.0. The second kappa shape index (κ2) is 10.1. The molecule has 0 aliphatic carbocycles. The summed E-state index contributed by atoms with van der Waals surface area (Å²) in [6.07, 6.45) is 3.64. The number of carbonyl (C=O) groups excluding carboxylic acids is 1. The molecule has 10 heteroatoms. The van der Waals surface area contributed by atoms with Crippen molar-refractivity contribution in [3.05, 3.63) is 95.4 Å². The average Bonchev–Trinajstić information content (AvgIpc) is 3.59. The summed E-state index contributed by atoms with van der Waals surface area (Å²) in [6, 6.07) is 19.9. The van der Waals surface area contributed by atoms with Gasteiger partial charge in [-0.15, -0.1) is 0 Å². The minimum atomic E-state index is -3.69. The van der Waals surface area contributed by atoms with E-state index in [0.717, 1.165) is 39.7 Å². The number of carbonyl (C=O) groups is 1. The van der Waals surface area contributed by atoms with Crippen molar-refractivity contribution in [2.45, 2.75) is 19.9 Å². The largest absolute Gasteiger partial charge is 0.455 e. The molecule has 44 heavy (non-hydrogen) atoms. The highest BCUT2D eigenvalue weighted by Crippen LogP contribution is 2.43. The molecule has 6 aromatic rings. The van der Waals surface area contributed by atoms with Crippen LogP contribution in [0.1, 0.15) is 21.5 Å². The fourth-order valence-corrected chi connectivity index (χ4v) is 6.56. The van der Waals surface area contributed by atoms with Crippen LogP contribution in [0, 0.1) is 12.7 Å². The molecule has 0 spiro atoms. The van der Waals surface area contributed by atoms with E-state index >= 15 is 0 Å². The van der Waals surface area contributed by atoms with Gasteiger partial charge in [0.25, 0.3) is 5.91 Å². The molecule has 4 heterocycles. The number of pyridine rings is 1. The number of benzene rings is 3. The summed E-state index contributed by atoms with van der Waals surface area (Å²) in [4.78, 5) is 18.1. The van der Waals surface area contributed by atoms with Crippen LogP contribution in [0.2, 0.25) is 0 Å². The third-order valence-corrected chi connectivity index (χ3v) is 9.64. The molecule has 222 valence electrons. The van der Waals surface area contributed by atoms with Crippen LogP contribution in [0.4, 0.5) is 10.1 Å². The van der Waals surface area contributed by atoms with Crippen LogP contribution in [-0.2, 0) is 23.0 Å². The van der Waals surface area contributed by atoms with Gasteiger partial charge in [-0.25, -0.2) is 12.8 Å². The molecule has 1 aliphatic rings. The maximum atomic E-state index is 14.7. The molecule has 1 amide bonds. The van der Waals surface area contributed by atoms with Gasteiger partial charge in [-0.2, -0.15) is 0 Å². The fourth-order valence-electron chi connectivity index (χ4n) is 6.05. The van der Waals surface area contributed by atoms with Crippen LogP contribution in [-0.4, -0.2) is 44.2 Å². The highest BCUT2D eigenvalue weighted by molar-refractivity contribution is 7.92. The second-order valence-electron chi connectivity index (χ2n) is 11.2. The van der Waals surface area contributed by atoms with Gasteiger partial charge in [0.1, 0.15) is 17.2 Å². The number of nitrogens with zero attached hydrogens (tertiary/aromatic N) is 3. The first-order chi connectivity index (χ1) is 21.0. The van der Waals surface area contributed by atoms with Crippen LogP contribution in [0.15, 0.2) is 77.3 Å². The number of hydrogen-bond donors (Lipinski definition) is 1. The van der Waals surface area contributed by atoms with Gasteiger partial charge in [0.05, 0.1) is 28.7 Å². The number of halogens is 1. The minimum absolute atomic E-state index is 0.284. The normalized spacial score (nSPS) is 12.8. The van der Waals surface area contributed by atoms with Crippen LogP contribution in [0.3, 0.4) is 0 Å². The molecule has 7 rings (SSSR count). The number of amides is 1. The van der Waals surface area contributed by atoms with Gasteiger partial charge >= 0.3 is 0 Å². The molecule has 8 nitrogen and oxygen atoms in total. The average molecular weight is 609 g/mol. The van der Waals surface area contributed by atoms with Crippen LogP contribution in [0.5, 0.6) is 0 Å². The van der Waals surface area contributed by atoms with E-state index in [1.807, 2.05) is 49.4 Å². The summed E-state index contributed by atoms with van der Waals surface area (Å²) >= 11 is 0. The Balaban J connectivity index is 1.50. The molecule has 1 N–H and O–H groups in total. The molecular weight excluding hydrogens is 579 g/mol. The Hall–Kier alpha value is -4.96. The van der Waals surface area contributed by atoms with Gasteiger partial charge in [0.2, 0.25) is 10.0 Å². The Bertz CT molecular complexity index is 2250. The molecule has 0 saturated carbocycles. The number of aromatic nitrogens is 2. The Labute approximate surface area is 253 Å². The first kappa shape index (κ1) is 27.8. The molecule has 3 aromatic carbocycles. The number of sulfonamides is 1. The Morgan fingerprint density at radius 3 is 2.55 bits per heavy atom. The smallest absolute Gasteiger partial charge is 0.255 e. The van der Waals surface area contributed by atoms with E-state index in [4.69, 9.17) is 9.40 Å². The van der Waals surface area contributed by atoms with Crippen LogP contribution < -0.4 is 9.62 Å². The molecule has 0 unspecified atom stereocenters. The summed E-state index contributed by atoms with van der Waals surface area (Å²) in [5, 5.41) is 3.79. The third-order valence-electron chi connectivity index (χ3n) is 8.45. The second-order valence-corrected chi connectivity index (χ2v) is 13.2. The summed E-state index contributed by atoms with van der Waals surface area (Å²) < 4.78 is 50.0. The molecule has 0 radical (unpaired) electrons. The van der Waals surface area contributed by atoms with E-state index < -0.39 is 10.0 Å². The lowest BCUT2D eigenvalue weighted by Gasteiger charge is -2.23. The van der Waals surface area contributed by atoms with E-state index in [1.54, 1.807) is 31.4 Å². The summed E-state index contributed by atoms with van der Waals surface area (Å²) in [5.41, 5.74) is 7.45. The number of nitrogens with one attached hydrogen (secondary N) is 1. The zero-order chi connectivity index (χ0) is 30.9. The predicted molar refractivity (Wildman–Crippen MR) is 171 cm³/mol. The van der Waals surface area contributed by atoms with Crippen molar-refractivity contribution in [3.63, 3.8) is 0 Å². The highest BCUT2D eigenvalue weighted by atomic mass is 32.2. The summed E-state index contributed by atoms with van der Waals surface area (Å²) in [5.74, 6) is -0.234. The van der Waals surface area contributed by atoms with Crippen molar-refractivity contribution in [2.24, 2.45) is 0 Å². The molecule has 0 fully saturated rings. The lowest BCUT2D eigenvalue weighted by molar-refractivity contribution is 0.0964. The molecule has 1 aliphatic heterocycles. The molecule has 0 saturated heterocycles. The number of aryl methyl sites for hydroxylation is 3. The quantitative estimate of drug-likeness (QED) is 0.240. The standard InChI is InChI=1S/C34H29FN4O4S/c1-19-8-10-20(11-9-19)33-32(34(40)36-2)25-14-24(29(17-31(25)43-33)38(3)44(4,41)42)27-15-22-21(18-37-27)12-13-39-28-7-5-6-26(35)23(28)16-30(22)39/h5-11,14-18H,12-13H2,1-4H3,(H,36,40). The first-order valence-electron chi connectivity index (χ1n) is 14.2. The third kappa shape index (κ3) is 4.36. The summed E-state index contributed by atoms with van der Waals surface area (Å²) in [6.45, 7) is 2.67. The molecule has 0 bridgehead atoms. The number of anilines is 1. The molecule has 3 aromatic heterocycles. The van der Waals surface area contributed by atoms with Crippen LogP contribution >= 0.6 is 0 Å². The maximum Gasteiger partial charge on any atom is 0.255 e. The van der Waals surface area contributed by atoms with Gasteiger partial charge in [-0.1, -0.05) is 35.9 Å². The van der Waals surface area contributed by atoms with Gasteiger partial charge in [0, 0.05) is 66.1 Å². The predicted octanol–water partition coefficient (Wildman–Crippen LogP) is 6.54. The Morgan fingerprint density at radius 1 is 1.05 bits per heavy atom.